The Morgan fingerprint density at radius 2 is 1.95 bits per heavy atom. The number of para-hydroxylation sites is 1. The Morgan fingerprint density at radius 3 is 2.62 bits per heavy atom. The summed E-state index contributed by atoms with van der Waals surface area (Å²) in [6.07, 6.45) is 6.11. The van der Waals surface area contributed by atoms with Gasteiger partial charge in [0.25, 0.3) is 0 Å². The molecule has 1 aromatic carbocycles. The van der Waals surface area contributed by atoms with Crippen LogP contribution in [0.25, 0.3) is 0 Å². The number of nitrogens with zero attached hydrogens (tertiary/aromatic N) is 2. The fourth-order valence-corrected chi connectivity index (χ4v) is 2.66. The molecule has 1 aliphatic carbocycles. The second-order valence-electron chi connectivity index (χ2n) is 5.46. The first kappa shape index (κ1) is 14.0. The maximum Gasteiger partial charge on any atom is 0.173 e. The van der Waals surface area contributed by atoms with Gasteiger partial charge in [0.2, 0.25) is 0 Å². The zero-order valence-electron chi connectivity index (χ0n) is 12.1. The second-order valence-corrected chi connectivity index (χ2v) is 5.85. The van der Waals surface area contributed by atoms with E-state index in [1.807, 2.05) is 36.7 Å². The van der Waals surface area contributed by atoms with Crippen LogP contribution in [0, 0.1) is 6.92 Å². The van der Waals surface area contributed by atoms with Gasteiger partial charge < -0.3 is 10.2 Å². The molecule has 1 saturated carbocycles. The fourth-order valence-electron chi connectivity index (χ4n) is 2.34. The summed E-state index contributed by atoms with van der Waals surface area (Å²) >= 11 is 5.63. The van der Waals surface area contributed by atoms with Crippen molar-refractivity contribution in [1.82, 2.24) is 9.88 Å². The smallest absolute Gasteiger partial charge is 0.173 e. The van der Waals surface area contributed by atoms with Crippen LogP contribution in [0.4, 0.5) is 5.69 Å². The Bertz CT molecular complexity index is 623. The van der Waals surface area contributed by atoms with Crippen LogP contribution >= 0.6 is 12.2 Å². The van der Waals surface area contributed by atoms with E-state index in [0.29, 0.717) is 6.04 Å². The zero-order valence-corrected chi connectivity index (χ0v) is 12.9. The number of aromatic nitrogens is 1. The van der Waals surface area contributed by atoms with E-state index in [0.717, 1.165) is 17.3 Å². The minimum atomic E-state index is 0.571. The van der Waals surface area contributed by atoms with E-state index in [9.17, 15) is 0 Å². The Labute approximate surface area is 131 Å². The van der Waals surface area contributed by atoms with Crippen molar-refractivity contribution in [1.29, 1.82) is 0 Å². The molecule has 1 aliphatic rings. The van der Waals surface area contributed by atoms with Crippen LogP contribution < -0.4 is 5.32 Å². The molecule has 0 aliphatic heterocycles. The molecular formula is C17H19N3S. The molecule has 1 aromatic heterocycles. The monoisotopic (exact) mass is 297 g/mol. The van der Waals surface area contributed by atoms with E-state index in [1.54, 1.807) is 0 Å². The molecule has 4 heteroatoms. The topological polar surface area (TPSA) is 28.2 Å². The Balaban J connectivity index is 1.72. The first-order chi connectivity index (χ1) is 10.2. The fraction of sp³-hybridized carbons (Fsp3) is 0.294. The number of aryl methyl sites for hydroxylation is 1. The third kappa shape index (κ3) is 3.58. The van der Waals surface area contributed by atoms with Crippen molar-refractivity contribution in [3.05, 3.63) is 59.9 Å². The molecule has 0 unspecified atom stereocenters. The predicted octanol–water partition coefficient (Wildman–Crippen LogP) is 3.75. The summed E-state index contributed by atoms with van der Waals surface area (Å²) in [6, 6.07) is 12.9. The maximum atomic E-state index is 5.63. The van der Waals surface area contributed by atoms with Gasteiger partial charge in [0, 0.05) is 30.7 Å². The van der Waals surface area contributed by atoms with Gasteiger partial charge in [-0.05, 0) is 61.3 Å². The van der Waals surface area contributed by atoms with Crippen molar-refractivity contribution in [3.63, 3.8) is 0 Å². The summed E-state index contributed by atoms with van der Waals surface area (Å²) < 4.78 is 0. The highest BCUT2D eigenvalue weighted by Gasteiger charge is 2.30. The standard InChI is InChI=1S/C17H19N3S/c1-13-4-2-3-5-16(13)19-17(21)20(15-6-7-15)12-14-8-10-18-11-9-14/h2-5,8-11,15H,6-7,12H2,1H3,(H,19,21). The van der Waals surface area contributed by atoms with Crippen LogP contribution in [-0.2, 0) is 6.54 Å². The molecule has 1 N–H and O–H groups in total. The van der Waals surface area contributed by atoms with E-state index in [4.69, 9.17) is 12.2 Å². The Morgan fingerprint density at radius 1 is 1.24 bits per heavy atom. The number of rotatable bonds is 4. The van der Waals surface area contributed by atoms with E-state index >= 15 is 0 Å². The van der Waals surface area contributed by atoms with E-state index < -0.39 is 0 Å². The zero-order chi connectivity index (χ0) is 14.7. The first-order valence-corrected chi connectivity index (χ1v) is 7.67. The third-order valence-electron chi connectivity index (χ3n) is 3.74. The molecule has 3 nitrogen and oxygen atoms in total. The van der Waals surface area contributed by atoms with Crippen LogP contribution in [-0.4, -0.2) is 21.0 Å². The van der Waals surface area contributed by atoms with Gasteiger partial charge in [-0.2, -0.15) is 0 Å². The molecule has 21 heavy (non-hydrogen) atoms. The van der Waals surface area contributed by atoms with Gasteiger partial charge in [-0.3, -0.25) is 4.98 Å². The molecular weight excluding hydrogens is 278 g/mol. The molecule has 0 amide bonds. The first-order valence-electron chi connectivity index (χ1n) is 7.26. The molecule has 0 saturated heterocycles. The van der Waals surface area contributed by atoms with Gasteiger partial charge in [0.05, 0.1) is 0 Å². The van der Waals surface area contributed by atoms with Crippen molar-refractivity contribution in [2.75, 3.05) is 5.32 Å². The number of hydrogen-bond donors (Lipinski definition) is 1. The highest BCUT2D eigenvalue weighted by molar-refractivity contribution is 7.80. The van der Waals surface area contributed by atoms with Gasteiger partial charge >= 0.3 is 0 Å². The average Bonchev–Trinajstić information content (AvgIpc) is 3.33. The maximum absolute atomic E-state index is 5.63. The van der Waals surface area contributed by atoms with Crippen molar-refractivity contribution < 1.29 is 0 Å². The largest absolute Gasteiger partial charge is 0.342 e. The number of benzene rings is 1. The quantitative estimate of drug-likeness (QED) is 0.870. The van der Waals surface area contributed by atoms with E-state index in [2.05, 4.69) is 34.3 Å². The van der Waals surface area contributed by atoms with Gasteiger partial charge in [-0.25, -0.2) is 0 Å². The van der Waals surface area contributed by atoms with Crippen molar-refractivity contribution in [3.8, 4) is 0 Å². The number of hydrogen-bond acceptors (Lipinski definition) is 2. The number of nitrogens with one attached hydrogen (secondary N) is 1. The summed E-state index contributed by atoms with van der Waals surface area (Å²) in [5, 5.41) is 4.20. The molecule has 1 fully saturated rings. The number of anilines is 1. The van der Waals surface area contributed by atoms with Crippen molar-refractivity contribution in [2.45, 2.75) is 32.4 Å². The highest BCUT2D eigenvalue weighted by Crippen LogP contribution is 2.29. The van der Waals surface area contributed by atoms with Gasteiger partial charge in [0.15, 0.2) is 5.11 Å². The van der Waals surface area contributed by atoms with Crippen LogP contribution in [0.1, 0.15) is 24.0 Å². The lowest BCUT2D eigenvalue weighted by atomic mass is 10.2. The van der Waals surface area contributed by atoms with Crippen LogP contribution in [0.3, 0.4) is 0 Å². The van der Waals surface area contributed by atoms with E-state index in [1.165, 1.54) is 24.0 Å². The molecule has 0 radical (unpaired) electrons. The molecule has 0 bridgehead atoms. The Kier molecular flexibility index (Phi) is 4.15. The molecule has 3 rings (SSSR count). The number of thiocarbonyl (C=S) groups is 1. The normalized spacial score (nSPS) is 13.8. The lowest BCUT2D eigenvalue weighted by Crippen LogP contribution is -2.36. The minimum absolute atomic E-state index is 0.571. The lowest BCUT2D eigenvalue weighted by molar-refractivity contribution is 0.409. The predicted molar refractivity (Wildman–Crippen MR) is 90.2 cm³/mol. The number of pyridine rings is 1. The van der Waals surface area contributed by atoms with Crippen LogP contribution in [0.2, 0.25) is 0 Å². The lowest BCUT2D eigenvalue weighted by Gasteiger charge is -2.26. The third-order valence-corrected chi connectivity index (χ3v) is 4.07. The minimum Gasteiger partial charge on any atom is -0.342 e. The summed E-state index contributed by atoms with van der Waals surface area (Å²) in [5.41, 5.74) is 3.54. The SMILES string of the molecule is Cc1ccccc1NC(=S)N(Cc1ccncc1)C1CC1. The van der Waals surface area contributed by atoms with Gasteiger partial charge in [-0.1, -0.05) is 18.2 Å². The van der Waals surface area contributed by atoms with Gasteiger partial charge in [-0.15, -0.1) is 0 Å². The molecule has 0 atom stereocenters. The summed E-state index contributed by atoms with van der Waals surface area (Å²) in [4.78, 5) is 6.36. The Hall–Kier alpha value is -1.94. The molecule has 2 aromatic rings. The molecule has 108 valence electrons. The van der Waals surface area contributed by atoms with Crippen molar-refractivity contribution in [2.24, 2.45) is 0 Å². The molecule has 1 heterocycles. The van der Waals surface area contributed by atoms with Crippen LogP contribution in [0.15, 0.2) is 48.8 Å². The summed E-state index contributed by atoms with van der Waals surface area (Å²) in [5.74, 6) is 0. The van der Waals surface area contributed by atoms with Crippen LogP contribution in [0.5, 0.6) is 0 Å². The van der Waals surface area contributed by atoms with Crippen molar-refractivity contribution >= 4 is 23.0 Å². The average molecular weight is 297 g/mol. The van der Waals surface area contributed by atoms with E-state index in [-0.39, 0.29) is 0 Å². The molecule has 0 spiro atoms. The second kappa shape index (κ2) is 6.22. The summed E-state index contributed by atoms with van der Waals surface area (Å²) in [7, 11) is 0. The van der Waals surface area contributed by atoms with Gasteiger partial charge in [0.1, 0.15) is 0 Å². The summed E-state index contributed by atoms with van der Waals surface area (Å²) in [6.45, 7) is 2.93. The highest BCUT2D eigenvalue weighted by atomic mass is 32.1.